The fraction of sp³-hybridized carbons (Fsp3) is 0.136. The zero-order chi connectivity index (χ0) is 23.3. The maximum Gasteiger partial charge on any atom is 0.488 e. The van der Waals surface area contributed by atoms with Crippen molar-refractivity contribution in [1.82, 2.24) is 4.57 Å². The minimum Gasteiger partial charge on any atom is -0.566 e. The monoisotopic (exact) mass is 511 g/mol. The van der Waals surface area contributed by atoms with Crippen LogP contribution in [0.15, 0.2) is 47.1 Å². The van der Waals surface area contributed by atoms with Gasteiger partial charge in [0.05, 0.1) is 42.3 Å². The van der Waals surface area contributed by atoms with Crippen LogP contribution in [-0.2, 0) is 9.09 Å². The fourth-order valence-electron chi connectivity index (χ4n) is 3.19. The van der Waals surface area contributed by atoms with E-state index in [1.165, 1.54) is 17.9 Å². The highest BCUT2D eigenvalue weighted by molar-refractivity contribution is 9.10. The summed E-state index contributed by atoms with van der Waals surface area (Å²) in [5.41, 5.74) is 2.26. The van der Waals surface area contributed by atoms with Gasteiger partial charge in [0.25, 0.3) is 0 Å². The molecule has 10 heteroatoms. The van der Waals surface area contributed by atoms with Crippen molar-refractivity contribution in [2.75, 3.05) is 13.7 Å². The molecule has 1 unspecified atom stereocenters. The molecule has 3 aromatic rings. The number of rotatable bonds is 7. The first kappa shape index (κ1) is 23.3. The van der Waals surface area contributed by atoms with E-state index >= 15 is 0 Å². The number of allylic oxidation sites excluding steroid dienone is 1. The van der Waals surface area contributed by atoms with Crippen molar-refractivity contribution in [3.63, 3.8) is 0 Å². The number of halogens is 1. The lowest BCUT2D eigenvalue weighted by atomic mass is 10.0. The molecule has 0 aliphatic carbocycles. The zero-order valence-corrected chi connectivity index (χ0v) is 19.2. The van der Waals surface area contributed by atoms with Gasteiger partial charge >= 0.3 is 8.25 Å². The number of methoxy groups -OCH3 is 1. The molecule has 0 N–H and O–H groups in total. The van der Waals surface area contributed by atoms with Gasteiger partial charge in [-0.1, -0.05) is 15.9 Å². The third kappa shape index (κ3) is 5.11. The van der Waals surface area contributed by atoms with Crippen molar-refractivity contribution in [1.29, 1.82) is 10.5 Å². The van der Waals surface area contributed by atoms with E-state index in [9.17, 15) is 24.8 Å². The summed E-state index contributed by atoms with van der Waals surface area (Å²) in [5.74, 6) is 0.100. The summed E-state index contributed by atoms with van der Waals surface area (Å²) in [5, 5.41) is 19.7. The van der Waals surface area contributed by atoms with E-state index in [1.807, 2.05) is 0 Å². The highest BCUT2D eigenvalue weighted by Crippen LogP contribution is 2.32. The van der Waals surface area contributed by atoms with Gasteiger partial charge in [-0.15, -0.1) is 4.52 Å². The molecule has 2 aromatic carbocycles. The van der Waals surface area contributed by atoms with Crippen LogP contribution in [0, 0.1) is 22.7 Å². The van der Waals surface area contributed by atoms with Gasteiger partial charge in [-0.25, -0.2) is 0 Å². The number of nitrogens with zero attached hydrogens (tertiary/aromatic N) is 3. The molecule has 0 bridgehead atoms. The van der Waals surface area contributed by atoms with Gasteiger partial charge in [-0.05, 0) is 47.0 Å². The molecule has 0 fully saturated rings. The lowest BCUT2D eigenvalue weighted by Gasteiger charge is -2.06. The van der Waals surface area contributed by atoms with E-state index in [4.69, 9.17) is 4.74 Å². The summed E-state index contributed by atoms with van der Waals surface area (Å²) in [7, 11) is -1.55. The molecule has 1 heterocycles. The highest BCUT2D eigenvalue weighted by Gasteiger charge is 2.18. The van der Waals surface area contributed by atoms with Crippen LogP contribution in [0.1, 0.15) is 27.9 Å². The molecule has 0 saturated heterocycles. The molecule has 0 aliphatic heterocycles. The van der Waals surface area contributed by atoms with Gasteiger partial charge in [-0.2, -0.15) is 10.5 Å². The Labute approximate surface area is 193 Å². The van der Waals surface area contributed by atoms with Crippen molar-refractivity contribution in [2.45, 2.75) is 6.42 Å². The first-order valence-corrected chi connectivity index (χ1v) is 11.1. The highest BCUT2D eigenvalue weighted by atomic mass is 79.9. The summed E-state index contributed by atoms with van der Waals surface area (Å²) in [6.45, 7) is -0.276. The van der Waals surface area contributed by atoms with Gasteiger partial charge in [-0.3, -0.25) is 9.36 Å². The van der Waals surface area contributed by atoms with Crippen molar-refractivity contribution >= 4 is 52.6 Å². The Morgan fingerprint density at radius 2 is 2.06 bits per heavy atom. The van der Waals surface area contributed by atoms with Crippen molar-refractivity contribution in [3.8, 4) is 17.9 Å². The smallest absolute Gasteiger partial charge is 0.488 e. The third-order valence-electron chi connectivity index (χ3n) is 4.62. The molecule has 0 amide bonds. The normalized spacial score (nSPS) is 11.7. The molecule has 3 rings (SSSR count). The van der Waals surface area contributed by atoms with Gasteiger partial charge in [0, 0.05) is 27.2 Å². The Balaban J connectivity index is 2.13. The predicted octanol–water partition coefficient (Wildman–Crippen LogP) is 4.41. The molecule has 0 aliphatic rings. The van der Waals surface area contributed by atoms with Gasteiger partial charge in [0.1, 0.15) is 12.4 Å². The average molecular weight is 512 g/mol. The summed E-state index contributed by atoms with van der Waals surface area (Å²) in [6.07, 6.45) is 2.97. The molecule has 1 aromatic heterocycles. The summed E-state index contributed by atoms with van der Waals surface area (Å²) in [6, 6.07) is 14.3. The number of hydrogen-bond donors (Lipinski definition) is 0. The number of benzene rings is 2. The van der Waals surface area contributed by atoms with Crippen LogP contribution in [0.3, 0.4) is 0 Å². The van der Waals surface area contributed by atoms with Crippen LogP contribution in [-0.4, -0.2) is 24.2 Å². The fourth-order valence-corrected chi connectivity index (χ4v) is 3.80. The van der Waals surface area contributed by atoms with E-state index < -0.39 is 8.25 Å². The molecule has 160 valence electrons. The van der Waals surface area contributed by atoms with Crippen molar-refractivity contribution in [2.24, 2.45) is 0 Å². The quantitative estimate of drug-likeness (QED) is 0.339. The molecular weight excluding hydrogens is 497 g/mol. The Hall–Kier alpha value is -3.33. The van der Waals surface area contributed by atoms with Crippen molar-refractivity contribution in [3.05, 3.63) is 63.8 Å². The maximum absolute atomic E-state index is 12.7. The lowest BCUT2D eigenvalue weighted by molar-refractivity contribution is -0.185. The topological polar surface area (TPSA) is 128 Å². The number of ether oxygens (including phenoxy) is 1. The van der Waals surface area contributed by atoms with Crippen LogP contribution in [0.5, 0.6) is 5.75 Å². The number of hydrogen-bond acceptors (Lipinski definition) is 7. The van der Waals surface area contributed by atoms with E-state index in [0.717, 1.165) is 4.47 Å². The summed E-state index contributed by atoms with van der Waals surface area (Å²) >= 11 is 3.41. The van der Waals surface area contributed by atoms with E-state index in [-0.39, 0.29) is 24.5 Å². The minimum atomic E-state index is -3.04. The Kier molecular flexibility index (Phi) is 7.53. The zero-order valence-electron chi connectivity index (χ0n) is 16.7. The predicted molar refractivity (Wildman–Crippen MR) is 120 cm³/mol. The lowest BCUT2D eigenvalue weighted by Crippen LogP contribution is -2.11. The number of fused-ring (bicyclic) bond motifs is 1. The van der Waals surface area contributed by atoms with Crippen LogP contribution < -0.4 is 9.63 Å². The van der Waals surface area contributed by atoms with Gasteiger partial charge < -0.3 is 9.63 Å². The summed E-state index contributed by atoms with van der Waals surface area (Å²) < 4.78 is 22.5. The molecule has 8 nitrogen and oxygen atoms in total. The molecule has 0 radical (unpaired) electrons. The van der Waals surface area contributed by atoms with Crippen molar-refractivity contribution < 1.29 is 23.5 Å². The molecule has 0 saturated carbocycles. The largest absolute Gasteiger partial charge is 0.566 e. The first-order valence-electron chi connectivity index (χ1n) is 9.19. The number of nitriles is 2. The Morgan fingerprint density at radius 1 is 1.28 bits per heavy atom. The second-order valence-corrected chi connectivity index (χ2v) is 8.13. The van der Waals surface area contributed by atoms with E-state index in [0.29, 0.717) is 33.3 Å². The molecule has 0 spiro atoms. The number of carbonyl (C=O) groups excluding carboxylic acids is 1. The second kappa shape index (κ2) is 10.3. The average Bonchev–Trinajstić information content (AvgIpc) is 3.15. The standard InChI is InChI=1S/C22H15BrN3O5P/c1-30-21-5-2-14(11-24)8-15(21)9-16(12-25)19-13-26(22(27)6-7-31-32(28)29)20-4-3-17(23)10-18(19)20/h2-5,8-10,13H,6-7H2,1H3/b16-9+. The third-order valence-corrected chi connectivity index (χ3v) is 5.50. The first-order chi connectivity index (χ1) is 15.4. The Morgan fingerprint density at radius 3 is 2.72 bits per heavy atom. The van der Waals surface area contributed by atoms with E-state index in [1.54, 1.807) is 42.5 Å². The molecule has 32 heavy (non-hydrogen) atoms. The van der Waals surface area contributed by atoms with Crippen LogP contribution in [0.25, 0.3) is 22.6 Å². The van der Waals surface area contributed by atoms with E-state index in [2.05, 4.69) is 32.6 Å². The Bertz CT molecular complexity index is 1330. The molecule has 1 atom stereocenters. The van der Waals surface area contributed by atoms with Crippen LogP contribution >= 0.6 is 24.2 Å². The second-order valence-electron chi connectivity index (χ2n) is 6.51. The number of aromatic nitrogens is 1. The minimum absolute atomic E-state index is 0.160. The SMILES string of the molecule is COc1ccc(C#N)cc1/C=C(\C#N)c1cn(C(=O)CCO[P+](=O)[O-])c2ccc(Br)cc12. The van der Waals surface area contributed by atoms with Crippen LogP contribution in [0.4, 0.5) is 0 Å². The summed E-state index contributed by atoms with van der Waals surface area (Å²) in [4.78, 5) is 23.3. The van der Waals surface area contributed by atoms with Crippen LogP contribution in [0.2, 0.25) is 0 Å². The number of carbonyl (C=O) groups is 1. The van der Waals surface area contributed by atoms with Gasteiger partial charge in [0.2, 0.25) is 5.91 Å². The van der Waals surface area contributed by atoms with Gasteiger partial charge in [0.15, 0.2) is 0 Å². The maximum atomic E-state index is 12.7. The molecular formula is C22H15BrN3O5P.